The molecule has 1 aliphatic rings. The lowest BCUT2D eigenvalue weighted by Crippen LogP contribution is -2.17. The minimum atomic E-state index is -0.336. The second-order valence-electron chi connectivity index (χ2n) is 5.32. The summed E-state index contributed by atoms with van der Waals surface area (Å²) in [6, 6.07) is 14.0. The van der Waals surface area contributed by atoms with Crippen LogP contribution < -0.4 is 0 Å². The van der Waals surface area contributed by atoms with Gasteiger partial charge in [0.2, 0.25) is 0 Å². The van der Waals surface area contributed by atoms with Gasteiger partial charge < -0.3 is 13.7 Å². The number of fused-ring (bicyclic) bond motifs is 3. The van der Waals surface area contributed by atoms with Crippen LogP contribution in [-0.2, 0) is 17.7 Å². The predicted octanol–water partition coefficient (Wildman–Crippen LogP) is 3.76. The minimum absolute atomic E-state index is 0.336. The Labute approximate surface area is 127 Å². The standard InChI is InChI=1S/C18H15NO3/c1-21-18(20)17-14(16-7-4-10-22-16)11-15-13-6-3-2-5-12(13)8-9-19(15)17/h2-7,10-11H,8-9H2,1H3. The summed E-state index contributed by atoms with van der Waals surface area (Å²) in [5.74, 6) is 0.344. The first kappa shape index (κ1) is 13.0. The third kappa shape index (κ3) is 1.80. The summed E-state index contributed by atoms with van der Waals surface area (Å²) < 4.78 is 12.5. The Morgan fingerprint density at radius 2 is 2.05 bits per heavy atom. The van der Waals surface area contributed by atoms with Gasteiger partial charge in [0, 0.05) is 17.8 Å². The molecule has 22 heavy (non-hydrogen) atoms. The maximum Gasteiger partial charge on any atom is 0.355 e. The van der Waals surface area contributed by atoms with Crippen molar-refractivity contribution in [1.29, 1.82) is 0 Å². The molecule has 0 N–H and O–H groups in total. The van der Waals surface area contributed by atoms with Crippen LogP contribution in [0.1, 0.15) is 16.1 Å². The third-order valence-electron chi connectivity index (χ3n) is 4.16. The number of furan rings is 1. The summed E-state index contributed by atoms with van der Waals surface area (Å²) >= 11 is 0. The van der Waals surface area contributed by atoms with Gasteiger partial charge in [0.05, 0.1) is 18.9 Å². The van der Waals surface area contributed by atoms with Crippen molar-refractivity contribution < 1.29 is 13.9 Å². The van der Waals surface area contributed by atoms with Crippen molar-refractivity contribution in [2.45, 2.75) is 13.0 Å². The molecule has 3 heterocycles. The second-order valence-corrected chi connectivity index (χ2v) is 5.32. The molecular formula is C18H15NO3. The van der Waals surface area contributed by atoms with E-state index in [1.54, 1.807) is 6.26 Å². The van der Waals surface area contributed by atoms with Gasteiger partial charge in [-0.15, -0.1) is 0 Å². The molecule has 0 amide bonds. The topological polar surface area (TPSA) is 44.4 Å². The van der Waals surface area contributed by atoms with Crippen molar-refractivity contribution in [3.63, 3.8) is 0 Å². The molecule has 2 aromatic heterocycles. The molecule has 0 saturated carbocycles. The smallest absolute Gasteiger partial charge is 0.355 e. The summed E-state index contributed by atoms with van der Waals surface area (Å²) in [5.41, 5.74) is 4.84. The number of hydrogen-bond donors (Lipinski definition) is 0. The molecule has 3 aromatic rings. The number of carbonyl (C=O) groups is 1. The molecule has 0 unspecified atom stereocenters. The third-order valence-corrected chi connectivity index (χ3v) is 4.16. The molecule has 0 spiro atoms. The van der Waals surface area contributed by atoms with Crippen LogP contribution in [0, 0.1) is 0 Å². The average molecular weight is 293 g/mol. The van der Waals surface area contributed by atoms with Crippen molar-refractivity contribution in [2.24, 2.45) is 0 Å². The molecule has 4 nitrogen and oxygen atoms in total. The molecule has 4 heteroatoms. The zero-order chi connectivity index (χ0) is 15.1. The number of benzene rings is 1. The zero-order valence-corrected chi connectivity index (χ0v) is 12.2. The fourth-order valence-electron chi connectivity index (χ4n) is 3.16. The quantitative estimate of drug-likeness (QED) is 0.676. The minimum Gasteiger partial charge on any atom is -0.464 e. The monoisotopic (exact) mass is 293 g/mol. The highest BCUT2D eigenvalue weighted by Gasteiger charge is 2.27. The van der Waals surface area contributed by atoms with E-state index in [4.69, 9.17) is 9.15 Å². The van der Waals surface area contributed by atoms with E-state index in [0.29, 0.717) is 11.5 Å². The van der Waals surface area contributed by atoms with E-state index >= 15 is 0 Å². The molecule has 4 rings (SSSR count). The molecule has 1 aliphatic heterocycles. The zero-order valence-electron chi connectivity index (χ0n) is 12.2. The number of esters is 1. The fourth-order valence-corrected chi connectivity index (χ4v) is 3.16. The fraction of sp³-hybridized carbons (Fsp3) is 0.167. The lowest BCUT2D eigenvalue weighted by atomic mass is 9.99. The lowest BCUT2D eigenvalue weighted by Gasteiger charge is -2.20. The molecule has 0 atom stereocenters. The van der Waals surface area contributed by atoms with Crippen LogP contribution >= 0.6 is 0 Å². The number of rotatable bonds is 2. The van der Waals surface area contributed by atoms with Crippen LogP contribution in [0.25, 0.3) is 22.6 Å². The van der Waals surface area contributed by atoms with Crippen molar-refractivity contribution in [3.8, 4) is 22.6 Å². The van der Waals surface area contributed by atoms with Crippen LogP contribution in [0.2, 0.25) is 0 Å². The first-order valence-electron chi connectivity index (χ1n) is 7.23. The van der Waals surface area contributed by atoms with Gasteiger partial charge >= 0.3 is 5.97 Å². The Bertz CT molecular complexity index is 843. The van der Waals surface area contributed by atoms with Crippen LogP contribution in [-0.4, -0.2) is 17.6 Å². The number of aryl methyl sites for hydroxylation is 1. The van der Waals surface area contributed by atoms with E-state index in [1.807, 2.05) is 34.9 Å². The molecule has 0 fully saturated rings. The highest BCUT2D eigenvalue weighted by atomic mass is 16.5. The Balaban J connectivity index is 1.99. The normalized spacial score (nSPS) is 12.6. The van der Waals surface area contributed by atoms with Crippen molar-refractivity contribution in [3.05, 3.63) is 60.0 Å². The largest absolute Gasteiger partial charge is 0.464 e. The predicted molar refractivity (Wildman–Crippen MR) is 82.6 cm³/mol. The number of carbonyl (C=O) groups excluding carboxylic acids is 1. The van der Waals surface area contributed by atoms with Crippen molar-refractivity contribution >= 4 is 5.97 Å². The molecule has 0 radical (unpaired) electrons. The summed E-state index contributed by atoms with van der Waals surface area (Å²) in [5, 5.41) is 0. The van der Waals surface area contributed by atoms with E-state index < -0.39 is 0 Å². The van der Waals surface area contributed by atoms with Gasteiger partial charge in [-0.05, 0) is 30.2 Å². The van der Waals surface area contributed by atoms with Gasteiger partial charge in [-0.1, -0.05) is 24.3 Å². The number of nitrogens with zero attached hydrogens (tertiary/aromatic N) is 1. The Kier molecular flexibility index (Phi) is 2.89. The van der Waals surface area contributed by atoms with E-state index in [2.05, 4.69) is 12.1 Å². The van der Waals surface area contributed by atoms with Gasteiger partial charge in [0.15, 0.2) is 0 Å². The number of aromatic nitrogens is 1. The highest BCUT2D eigenvalue weighted by Crippen LogP contribution is 2.37. The lowest BCUT2D eigenvalue weighted by molar-refractivity contribution is 0.0589. The molecule has 1 aromatic carbocycles. The summed E-state index contributed by atoms with van der Waals surface area (Å²) in [7, 11) is 1.41. The van der Waals surface area contributed by atoms with E-state index in [0.717, 1.165) is 29.8 Å². The molecule has 110 valence electrons. The summed E-state index contributed by atoms with van der Waals surface area (Å²) in [6.07, 6.45) is 2.51. The maximum absolute atomic E-state index is 12.3. The first-order valence-corrected chi connectivity index (χ1v) is 7.23. The number of hydrogen-bond acceptors (Lipinski definition) is 3. The van der Waals surface area contributed by atoms with Crippen LogP contribution in [0.4, 0.5) is 0 Å². The van der Waals surface area contributed by atoms with Crippen molar-refractivity contribution in [2.75, 3.05) is 7.11 Å². The van der Waals surface area contributed by atoms with Crippen LogP contribution in [0.15, 0.2) is 53.1 Å². The highest BCUT2D eigenvalue weighted by molar-refractivity contribution is 5.97. The van der Waals surface area contributed by atoms with Crippen LogP contribution in [0.5, 0.6) is 0 Å². The van der Waals surface area contributed by atoms with E-state index in [1.165, 1.54) is 12.7 Å². The Hall–Kier alpha value is -2.75. The van der Waals surface area contributed by atoms with Crippen molar-refractivity contribution in [1.82, 2.24) is 4.57 Å². The first-order chi connectivity index (χ1) is 10.8. The van der Waals surface area contributed by atoms with E-state index in [-0.39, 0.29) is 5.97 Å². The van der Waals surface area contributed by atoms with Gasteiger partial charge in [-0.3, -0.25) is 0 Å². The van der Waals surface area contributed by atoms with E-state index in [9.17, 15) is 4.79 Å². The van der Waals surface area contributed by atoms with Gasteiger partial charge in [0.25, 0.3) is 0 Å². The van der Waals surface area contributed by atoms with Gasteiger partial charge in [-0.2, -0.15) is 0 Å². The Morgan fingerprint density at radius 1 is 1.18 bits per heavy atom. The second kappa shape index (κ2) is 4.91. The summed E-state index contributed by atoms with van der Waals surface area (Å²) in [4.78, 5) is 12.3. The summed E-state index contributed by atoms with van der Waals surface area (Å²) in [6.45, 7) is 0.761. The molecular weight excluding hydrogens is 278 g/mol. The molecule has 0 saturated heterocycles. The number of ether oxygens (including phenoxy) is 1. The average Bonchev–Trinajstić information content (AvgIpc) is 3.21. The Morgan fingerprint density at radius 3 is 2.82 bits per heavy atom. The molecule has 0 bridgehead atoms. The van der Waals surface area contributed by atoms with Gasteiger partial charge in [0.1, 0.15) is 11.5 Å². The number of methoxy groups -OCH3 is 1. The van der Waals surface area contributed by atoms with Crippen LogP contribution in [0.3, 0.4) is 0 Å². The van der Waals surface area contributed by atoms with Gasteiger partial charge in [-0.25, -0.2) is 4.79 Å². The maximum atomic E-state index is 12.3. The SMILES string of the molecule is COC(=O)c1c(-c2ccco2)cc2n1CCc1ccccc1-2. The molecule has 0 aliphatic carbocycles.